The van der Waals surface area contributed by atoms with Crippen molar-refractivity contribution in [1.29, 1.82) is 0 Å². The van der Waals surface area contributed by atoms with E-state index in [1.165, 1.54) is 14.0 Å². The molecule has 2 aromatic rings. The summed E-state index contributed by atoms with van der Waals surface area (Å²) >= 11 is 0. The predicted octanol–water partition coefficient (Wildman–Crippen LogP) is 2.95. The van der Waals surface area contributed by atoms with Crippen molar-refractivity contribution in [2.45, 2.75) is 25.8 Å². The van der Waals surface area contributed by atoms with Crippen molar-refractivity contribution in [3.8, 4) is 0 Å². The largest absolute Gasteiger partial charge is 0.465 e. The lowest BCUT2D eigenvalue weighted by molar-refractivity contribution is -0.132. The molecule has 1 N–H and O–H groups in total. The molecule has 140 valence electrons. The average Bonchev–Trinajstić information content (AvgIpc) is 2.67. The summed E-state index contributed by atoms with van der Waals surface area (Å²) in [5.41, 5.74) is 2.84. The number of fused-ring (bicyclic) bond motifs is 1. The van der Waals surface area contributed by atoms with Crippen LogP contribution in [0.2, 0.25) is 0 Å². The van der Waals surface area contributed by atoms with E-state index < -0.39 is 5.97 Å². The van der Waals surface area contributed by atoms with Crippen LogP contribution in [0.3, 0.4) is 0 Å². The summed E-state index contributed by atoms with van der Waals surface area (Å²) in [6.45, 7) is 2.11. The van der Waals surface area contributed by atoms with Crippen LogP contribution in [0.1, 0.15) is 40.9 Å². The number of para-hydroxylation sites is 1. The highest BCUT2D eigenvalue weighted by Crippen LogP contribution is 2.32. The van der Waals surface area contributed by atoms with Gasteiger partial charge in [0.05, 0.1) is 30.8 Å². The summed E-state index contributed by atoms with van der Waals surface area (Å²) in [6, 6.07) is 14.2. The number of anilines is 1. The first-order chi connectivity index (χ1) is 13.0. The van der Waals surface area contributed by atoms with E-state index in [-0.39, 0.29) is 24.3 Å². The highest BCUT2D eigenvalue weighted by molar-refractivity contribution is 6.01. The normalized spacial score (nSPS) is 15.6. The molecule has 27 heavy (non-hydrogen) atoms. The van der Waals surface area contributed by atoms with Gasteiger partial charge in [0.25, 0.3) is 0 Å². The Hall–Kier alpha value is -3.15. The second-order valence-corrected chi connectivity index (χ2v) is 6.47. The van der Waals surface area contributed by atoms with Gasteiger partial charge < -0.3 is 15.0 Å². The fraction of sp³-hybridized carbons (Fsp3) is 0.286. The zero-order valence-corrected chi connectivity index (χ0v) is 15.4. The van der Waals surface area contributed by atoms with E-state index >= 15 is 0 Å². The lowest BCUT2D eigenvalue weighted by Gasteiger charge is -2.36. The lowest BCUT2D eigenvalue weighted by Crippen LogP contribution is -2.40. The number of benzene rings is 2. The molecule has 0 bridgehead atoms. The Labute approximate surface area is 158 Å². The molecule has 2 aromatic carbocycles. The summed E-state index contributed by atoms with van der Waals surface area (Å²) in [5, 5.41) is 2.79. The minimum Gasteiger partial charge on any atom is -0.465 e. The minimum atomic E-state index is -0.515. The molecule has 0 fully saturated rings. The number of nitrogens with one attached hydrogen (secondary N) is 1. The molecular formula is C21H22N2O4. The van der Waals surface area contributed by atoms with Gasteiger partial charge >= 0.3 is 5.97 Å². The maximum atomic E-state index is 12.7. The van der Waals surface area contributed by atoms with Crippen molar-refractivity contribution in [3.63, 3.8) is 0 Å². The smallest absolute Gasteiger partial charge is 0.339 e. The molecular weight excluding hydrogens is 344 g/mol. The fourth-order valence-electron chi connectivity index (χ4n) is 3.51. The Kier molecular flexibility index (Phi) is 5.54. The standard InChI is InChI=1S/C21H22N2O4/c1-14(24)23-12-11-15-7-3-4-8-16(15)19(23)13-20(25)22-18-10-6-5-9-17(18)21(26)27-2/h3-10,19H,11-13H2,1-2H3,(H,22,25)/t19-/m0/s1. The van der Waals surface area contributed by atoms with Crippen LogP contribution in [0.25, 0.3) is 0 Å². The highest BCUT2D eigenvalue weighted by atomic mass is 16.5. The van der Waals surface area contributed by atoms with Crippen LogP contribution in [-0.4, -0.2) is 36.3 Å². The van der Waals surface area contributed by atoms with Crippen molar-refractivity contribution >= 4 is 23.5 Å². The van der Waals surface area contributed by atoms with Crippen LogP contribution in [-0.2, 0) is 20.7 Å². The molecule has 1 atom stereocenters. The summed E-state index contributed by atoms with van der Waals surface area (Å²) in [5.74, 6) is -0.837. The van der Waals surface area contributed by atoms with Gasteiger partial charge in [-0.3, -0.25) is 9.59 Å². The van der Waals surface area contributed by atoms with E-state index in [9.17, 15) is 14.4 Å². The number of amides is 2. The van der Waals surface area contributed by atoms with Gasteiger partial charge in [0, 0.05) is 13.5 Å². The minimum absolute atomic E-state index is 0.0581. The second-order valence-electron chi connectivity index (χ2n) is 6.47. The third kappa shape index (κ3) is 4.00. The zero-order valence-electron chi connectivity index (χ0n) is 15.4. The maximum Gasteiger partial charge on any atom is 0.339 e. The van der Waals surface area contributed by atoms with Gasteiger partial charge in [-0.15, -0.1) is 0 Å². The van der Waals surface area contributed by atoms with Crippen molar-refractivity contribution in [3.05, 3.63) is 65.2 Å². The van der Waals surface area contributed by atoms with Crippen LogP contribution >= 0.6 is 0 Å². The van der Waals surface area contributed by atoms with Gasteiger partial charge in [0.1, 0.15) is 0 Å². The number of rotatable bonds is 4. The number of carbonyl (C=O) groups excluding carboxylic acids is 3. The van der Waals surface area contributed by atoms with Gasteiger partial charge in [0.2, 0.25) is 11.8 Å². The number of methoxy groups -OCH3 is 1. The number of hydrogen-bond acceptors (Lipinski definition) is 4. The Balaban J connectivity index is 1.83. The molecule has 0 aliphatic carbocycles. The van der Waals surface area contributed by atoms with Gasteiger partial charge in [-0.25, -0.2) is 4.79 Å². The summed E-state index contributed by atoms with van der Waals surface area (Å²) in [6.07, 6.45) is 0.894. The van der Waals surface area contributed by atoms with Gasteiger partial charge in [-0.05, 0) is 29.7 Å². The number of ether oxygens (including phenoxy) is 1. The quantitative estimate of drug-likeness (QED) is 0.844. The third-order valence-electron chi connectivity index (χ3n) is 4.80. The molecule has 1 heterocycles. The maximum absolute atomic E-state index is 12.7. The van der Waals surface area contributed by atoms with E-state index in [0.29, 0.717) is 17.8 Å². The first-order valence-electron chi connectivity index (χ1n) is 8.83. The van der Waals surface area contributed by atoms with E-state index in [4.69, 9.17) is 4.74 Å². The summed E-state index contributed by atoms with van der Waals surface area (Å²) in [7, 11) is 1.30. The van der Waals surface area contributed by atoms with Crippen molar-refractivity contribution in [1.82, 2.24) is 4.90 Å². The molecule has 1 aliphatic rings. The van der Waals surface area contributed by atoms with Crippen LogP contribution in [0.5, 0.6) is 0 Å². The van der Waals surface area contributed by atoms with Gasteiger partial charge in [-0.2, -0.15) is 0 Å². The second kappa shape index (κ2) is 8.03. The van der Waals surface area contributed by atoms with E-state index in [1.807, 2.05) is 24.3 Å². The molecule has 0 unspecified atom stereocenters. The van der Waals surface area contributed by atoms with Crippen LogP contribution in [0.4, 0.5) is 5.69 Å². The van der Waals surface area contributed by atoms with Crippen molar-refractivity contribution < 1.29 is 19.1 Å². The highest BCUT2D eigenvalue weighted by Gasteiger charge is 2.30. The first kappa shape index (κ1) is 18.6. The average molecular weight is 366 g/mol. The third-order valence-corrected chi connectivity index (χ3v) is 4.80. The van der Waals surface area contributed by atoms with Gasteiger partial charge in [0.15, 0.2) is 0 Å². The molecule has 0 saturated carbocycles. The topological polar surface area (TPSA) is 75.7 Å². The van der Waals surface area contributed by atoms with Crippen LogP contribution in [0, 0.1) is 0 Å². The fourth-order valence-corrected chi connectivity index (χ4v) is 3.51. The number of esters is 1. The molecule has 1 aliphatic heterocycles. The predicted molar refractivity (Wildman–Crippen MR) is 101 cm³/mol. The first-order valence-corrected chi connectivity index (χ1v) is 8.83. The molecule has 2 amide bonds. The van der Waals surface area contributed by atoms with Crippen molar-refractivity contribution in [2.24, 2.45) is 0 Å². The molecule has 3 rings (SSSR count). The Morgan fingerprint density at radius 2 is 1.81 bits per heavy atom. The van der Waals surface area contributed by atoms with E-state index in [1.54, 1.807) is 29.2 Å². The molecule has 0 radical (unpaired) electrons. The SMILES string of the molecule is COC(=O)c1ccccc1NC(=O)C[C@H]1c2ccccc2CCN1C(C)=O. The zero-order chi connectivity index (χ0) is 19.4. The number of nitrogens with zero attached hydrogens (tertiary/aromatic N) is 1. The molecule has 0 spiro atoms. The Morgan fingerprint density at radius 3 is 2.56 bits per heavy atom. The Bertz CT molecular complexity index is 878. The van der Waals surface area contributed by atoms with Crippen LogP contribution in [0.15, 0.2) is 48.5 Å². The number of hydrogen-bond donors (Lipinski definition) is 1. The van der Waals surface area contributed by atoms with Gasteiger partial charge in [-0.1, -0.05) is 36.4 Å². The summed E-state index contributed by atoms with van der Waals surface area (Å²) < 4.78 is 4.76. The molecule has 6 heteroatoms. The Morgan fingerprint density at radius 1 is 1.11 bits per heavy atom. The molecule has 6 nitrogen and oxygen atoms in total. The summed E-state index contributed by atoms with van der Waals surface area (Å²) in [4.78, 5) is 38.4. The lowest BCUT2D eigenvalue weighted by atomic mass is 9.90. The van der Waals surface area contributed by atoms with Crippen molar-refractivity contribution in [2.75, 3.05) is 19.0 Å². The number of carbonyl (C=O) groups is 3. The van der Waals surface area contributed by atoms with Crippen LogP contribution < -0.4 is 5.32 Å². The molecule has 0 aromatic heterocycles. The monoisotopic (exact) mass is 366 g/mol. The van der Waals surface area contributed by atoms with E-state index in [2.05, 4.69) is 5.32 Å². The molecule has 0 saturated heterocycles. The van der Waals surface area contributed by atoms with E-state index in [0.717, 1.165) is 17.5 Å².